The van der Waals surface area contributed by atoms with Crippen molar-refractivity contribution in [2.24, 2.45) is 5.73 Å². The lowest BCUT2D eigenvalue weighted by atomic mass is 10.1. The summed E-state index contributed by atoms with van der Waals surface area (Å²) in [6.07, 6.45) is 1.62. The number of rotatable bonds is 4. The van der Waals surface area contributed by atoms with Gasteiger partial charge in [0.2, 0.25) is 0 Å². The van der Waals surface area contributed by atoms with E-state index in [0.29, 0.717) is 17.8 Å². The smallest absolute Gasteiger partial charge is 0.252 e. The topological polar surface area (TPSA) is 60.9 Å². The fourth-order valence-corrected chi connectivity index (χ4v) is 2.27. The Morgan fingerprint density at radius 1 is 1.09 bits per heavy atom. The van der Waals surface area contributed by atoms with Crippen LogP contribution in [0.2, 0.25) is 0 Å². The molecule has 1 heterocycles. The maximum Gasteiger partial charge on any atom is 0.252 e. The van der Waals surface area contributed by atoms with Crippen molar-refractivity contribution < 1.29 is 9.18 Å². The third kappa shape index (κ3) is 2.88. The van der Waals surface area contributed by atoms with Gasteiger partial charge in [-0.15, -0.1) is 0 Å². The summed E-state index contributed by atoms with van der Waals surface area (Å²) in [7, 11) is 0. The van der Waals surface area contributed by atoms with Gasteiger partial charge < -0.3 is 5.73 Å². The highest BCUT2D eigenvalue weighted by atomic mass is 19.1. The Balaban J connectivity index is 1.97. The van der Waals surface area contributed by atoms with Crippen LogP contribution in [0, 0.1) is 5.82 Å². The minimum Gasteiger partial charge on any atom is -0.365 e. The van der Waals surface area contributed by atoms with Crippen molar-refractivity contribution in [1.82, 2.24) is 9.78 Å². The van der Waals surface area contributed by atoms with Crippen LogP contribution in [0.25, 0.3) is 11.3 Å². The summed E-state index contributed by atoms with van der Waals surface area (Å²) in [5.74, 6) is -0.809. The number of hydrogen-bond acceptors (Lipinski definition) is 2. The predicted molar refractivity (Wildman–Crippen MR) is 81.7 cm³/mol. The van der Waals surface area contributed by atoms with E-state index >= 15 is 0 Å². The molecule has 1 aromatic heterocycles. The number of benzene rings is 2. The van der Waals surface area contributed by atoms with Crippen molar-refractivity contribution in [1.29, 1.82) is 0 Å². The Labute approximate surface area is 127 Å². The molecular weight excluding hydrogens is 281 g/mol. The molecule has 3 aromatic rings. The van der Waals surface area contributed by atoms with Gasteiger partial charge in [0, 0.05) is 11.8 Å². The van der Waals surface area contributed by atoms with Gasteiger partial charge in [-0.2, -0.15) is 5.10 Å². The molecule has 0 bridgehead atoms. The number of primary amides is 1. The van der Waals surface area contributed by atoms with E-state index in [4.69, 9.17) is 5.73 Å². The summed E-state index contributed by atoms with van der Waals surface area (Å²) in [5.41, 5.74) is 8.07. The molecule has 1 amide bonds. The average Bonchev–Trinajstić information content (AvgIpc) is 2.95. The van der Waals surface area contributed by atoms with Crippen molar-refractivity contribution in [2.75, 3.05) is 0 Å². The van der Waals surface area contributed by atoms with Gasteiger partial charge >= 0.3 is 0 Å². The zero-order chi connectivity index (χ0) is 15.5. The molecule has 3 rings (SSSR count). The number of aromatic nitrogens is 2. The summed E-state index contributed by atoms with van der Waals surface area (Å²) < 4.78 is 14.6. The second kappa shape index (κ2) is 5.81. The molecule has 5 heteroatoms. The van der Waals surface area contributed by atoms with Gasteiger partial charge in [-0.3, -0.25) is 9.48 Å². The van der Waals surface area contributed by atoms with E-state index in [-0.39, 0.29) is 5.82 Å². The Morgan fingerprint density at radius 3 is 2.41 bits per heavy atom. The molecule has 0 radical (unpaired) electrons. The minimum absolute atomic E-state index is 0.285. The lowest BCUT2D eigenvalue weighted by Gasteiger charge is -2.01. The standard InChI is InChI=1S/C17H14FN3O/c18-14-8-6-12(7-9-14)10-21-11-15(17(19)22)16(20-21)13-4-2-1-3-5-13/h1-9,11H,10H2,(H2,19,22). The SMILES string of the molecule is NC(=O)c1cn(Cc2ccc(F)cc2)nc1-c1ccccc1. The lowest BCUT2D eigenvalue weighted by molar-refractivity contribution is 0.100. The minimum atomic E-state index is -0.524. The number of nitrogens with zero attached hydrogens (tertiary/aromatic N) is 2. The predicted octanol–water partition coefficient (Wildman–Crippen LogP) is 2.84. The van der Waals surface area contributed by atoms with Crippen LogP contribution in [0.3, 0.4) is 0 Å². The van der Waals surface area contributed by atoms with Crippen LogP contribution >= 0.6 is 0 Å². The largest absolute Gasteiger partial charge is 0.365 e. The summed E-state index contributed by atoms with van der Waals surface area (Å²) >= 11 is 0. The van der Waals surface area contributed by atoms with Gasteiger partial charge in [-0.1, -0.05) is 42.5 Å². The Morgan fingerprint density at radius 2 is 1.77 bits per heavy atom. The Hall–Kier alpha value is -2.95. The highest BCUT2D eigenvalue weighted by Crippen LogP contribution is 2.22. The molecule has 110 valence electrons. The molecule has 0 aliphatic carbocycles. The van der Waals surface area contributed by atoms with Crippen LogP contribution in [0.5, 0.6) is 0 Å². The van der Waals surface area contributed by atoms with Crippen LogP contribution in [0.1, 0.15) is 15.9 Å². The molecule has 0 unspecified atom stereocenters. The van der Waals surface area contributed by atoms with E-state index in [9.17, 15) is 9.18 Å². The second-order valence-corrected chi connectivity index (χ2v) is 4.95. The van der Waals surface area contributed by atoms with E-state index in [1.807, 2.05) is 30.3 Å². The molecule has 0 spiro atoms. The fraction of sp³-hybridized carbons (Fsp3) is 0.0588. The molecule has 0 aliphatic heterocycles. The average molecular weight is 295 g/mol. The molecule has 4 nitrogen and oxygen atoms in total. The zero-order valence-electron chi connectivity index (χ0n) is 11.7. The molecule has 0 aliphatic rings. The van der Waals surface area contributed by atoms with Gasteiger partial charge in [0.1, 0.15) is 11.5 Å². The molecule has 2 N–H and O–H groups in total. The number of amides is 1. The van der Waals surface area contributed by atoms with Gasteiger partial charge in [0.15, 0.2) is 0 Å². The maximum absolute atomic E-state index is 12.9. The number of hydrogen-bond donors (Lipinski definition) is 1. The molecule has 2 aromatic carbocycles. The van der Waals surface area contributed by atoms with Gasteiger partial charge in [0.05, 0.1) is 12.1 Å². The molecule has 0 saturated heterocycles. The first-order valence-corrected chi connectivity index (χ1v) is 6.80. The number of carbonyl (C=O) groups is 1. The van der Waals surface area contributed by atoms with E-state index in [1.54, 1.807) is 23.0 Å². The third-order valence-corrected chi connectivity index (χ3v) is 3.33. The maximum atomic E-state index is 12.9. The van der Waals surface area contributed by atoms with Crippen molar-refractivity contribution in [3.63, 3.8) is 0 Å². The van der Waals surface area contributed by atoms with Crippen molar-refractivity contribution in [3.8, 4) is 11.3 Å². The molecular formula is C17H14FN3O. The summed E-state index contributed by atoms with van der Waals surface area (Å²) in [5, 5.41) is 4.44. The normalized spacial score (nSPS) is 10.6. The highest BCUT2D eigenvalue weighted by molar-refractivity contribution is 5.98. The Bertz CT molecular complexity index is 795. The molecule has 22 heavy (non-hydrogen) atoms. The van der Waals surface area contributed by atoms with Crippen LogP contribution < -0.4 is 5.73 Å². The van der Waals surface area contributed by atoms with Crippen LogP contribution in [-0.4, -0.2) is 15.7 Å². The van der Waals surface area contributed by atoms with Crippen molar-refractivity contribution in [2.45, 2.75) is 6.54 Å². The third-order valence-electron chi connectivity index (χ3n) is 3.33. The molecule has 0 atom stereocenters. The summed E-state index contributed by atoms with van der Waals surface area (Å²) in [6.45, 7) is 0.438. The van der Waals surface area contributed by atoms with E-state index < -0.39 is 5.91 Å². The molecule has 0 saturated carbocycles. The van der Waals surface area contributed by atoms with E-state index in [1.165, 1.54) is 12.1 Å². The van der Waals surface area contributed by atoms with Gasteiger partial charge in [0.25, 0.3) is 5.91 Å². The molecule has 0 fully saturated rings. The first kappa shape index (κ1) is 14.0. The number of halogens is 1. The zero-order valence-corrected chi connectivity index (χ0v) is 11.7. The second-order valence-electron chi connectivity index (χ2n) is 4.95. The van der Waals surface area contributed by atoms with Gasteiger partial charge in [-0.25, -0.2) is 4.39 Å². The monoisotopic (exact) mass is 295 g/mol. The lowest BCUT2D eigenvalue weighted by Crippen LogP contribution is -2.11. The van der Waals surface area contributed by atoms with E-state index in [2.05, 4.69) is 5.10 Å². The number of carbonyl (C=O) groups excluding carboxylic acids is 1. The van der Waals surface area contributed by atoms with Crippen molar-refractivity contribution in [3.05, 3.63) is 77.7 Å². The fourth-order valence-electron chi connectivity index (χ4n) is 2.27. The quantitative estimate of drug-likeness (QED) is 0.804. The summed E-state index contributed by atoms with van der Waals surface area (Å²) in [4.78, 5) is 11.6. The first-order chi connectivity index (χ1) is 10.6. The van der Waals surface area contributed by atoms with Crippen LogP contribution in [0.15, 0.2) is 60.8 Å². The Kier molecular flexibility index (Phi) is 3.70. The van der Waals surface area contributed by atoms with Crippen LogP contribution in [-0.2, 0) is 6.54 Å². The summed E-state index contributed by atoms with van der Waals surface area (Å²) in [6, 6.07) is 15.5. The van der Waals surface area contributed by atoms with E-state index in [0.717, 1.165) is 11.1 Å². The van der Waals surface area contributed by atoms with Gasteiger partial charge in [-0.05, 0) is 17.7 Å². The first-order valence-electron chi connectivity index (χ1n) is 6.80. The highest BCUT2D eigenvalue weighted by Gasteiger charge is 2.15. The van der Waals surface area contributed by atoms with Crippen LogP contribution in [0.4, 0.5) is 4.39 Å². The number of nitrogens with two attached hydrogens (primary N) is 1. The van der Waals surface area contributed by atoms with Crippen molar-refractivity contribution >= 4 is 5.91 Å².